The number of halogens is 2. The summed E-state index contributed by atoms with van der Waals surface area (Å²) in [7, 11) is 0. The van der Waals surface area contributed by atoms with Gasteiger partial charge in [0.15, 0.2) is 0 Å². The van der Waals surface area contributed by atoms with Crippen molar-refractivity contribution >= 4 is 0 Å². The van der Waals surface area contributed by atoms with Gasteiger partial charge in [-0.2, -0.15) is 0 Å². The lowest BCUT2D eigenvalue weighted by Crippen LogP contribution is -3.00. The number of likely N-dealkylation sites (tertiary alicyclic amines) is 1. The normalized spacial score (nSPS) is 17.0. The van der Waals surface area contributed by atoms with Gasteiger partial charge in [0.05, 0.1) is 26.2 Å². The van der Waals surface area contributed by atoms with Crippen LogP contribution in [0.3, 0.4) is 0 Å². The molecule has 1 aliphatic heterocycles. The molecule has 0 aromatic rings. The van der Waals surface area contributed by atoms with Crippen molar-refractivity contribution in [2.45, 2.75) is 40.0 Å². The van der Waals surface area contributed by atoms with E-state index in [0.717, 1.165) is 6.54 Å². The van der Waals surface area contributed by atoms with Gasteiger partial charge >= 0.3 is 0 Å². The van der Waals surface area contributed by atoms with Gasteiger partial charge < -0.3 is 38.4 Å². The first-order valence-electron chi connectivity index (χ1n) is 7.48. The summed E-state index contributed by atoms with van der Waals surface area (Å²) in [5.74, 6) is 0. The first-order chi connectivity index (χ1) is 8.26. The molecule has 0 amide bonds. The van der Waals surface area contributed by atoms with E-state index < -0.39 is 0 Å². The first kappa shape index (κ1) is 21.9. The van der Waals surface area contributed by atoms with E-state index >= 15 is 0 Å². The van der Waals surface area contributed by atoms with Crippen LogP contribution in [0.4, 0.5) is 0 Å². The highest BCUT2D eigenvalue weighted by Crippen LogP contribution is 2.09. The maximum Gasteiger partial charge on any atom is 0.0973 e. The van der Waals surface area contributed by atoms with Crippen molar-refractivity contribution in [2.24, 2.45) is 0 Å². The van der Waals surface area contributed by atoms with Gasteiger partial charge in [0, 0.05) is 6.54 Å². The molecule has 1 saturated heterocycles. The minimum absolute atomic E-state index is 0. The van der Waals surface area contributed by atoms with Crippen LogP contribution < -0.4 is 34.0 Å². The van der Waals surface area contributed by atoms with E-state index in [0.29, 0.717) is 0 Å². The van der Waals surface area contributed by atoms with Crippen molar-refractivity contribution in [2.75, 3.05) is 45.8 Å². The molecule has 0 unspecified atom stereocenters. The molecule has 0 atom stereocenters. The fourth-order valence-corrected chi connectivity index (χ4v) is 2.72. The number of hydrogen-bond donors (Lipinski definition) is 0. The fraction of sp³-hybridized carbons (Fsp3) is 0.867. The van der Waals surface area contributed by atoms with E-state index in [2.05, 4.69) is 37.8 Å². The lowest BCUT2D eigenvalue weighted by atomic mass is 10.1. The minimum Gasteiger partial charge on any atom is -1.00 e. The zero-order chi connectivity index (χ0) is 12.6. The maximum atomic E-state index is 2.58. The van der Waals surface area contributed by atoms with Crippen LogP contribution in [0.1, 0.15) is 40.0 Å². The van der Waals surface area contributed by atoms with Gasteiger partial charge in [0.1, 0.15) is 0 Å². The second-order valence-corrected chi connectivity index (χ2v) is 5.31. The zero-order valence-electron chi connectivity index (χ0n) is 12.9. The molecule has 0 bridgehead atoms. The van der Waals surface area contributed by atoms with E-state index in [4.69, 9.17) is 0 Å². The summed E-state index contributed by atoms with van der Waals surface area (Å²) in [6.07, 6.45) is 9.02. The summed E-state index contributed by atoms with van der Waals surface area (Å²) in [5, 5.41) is 0. The van der Waals surface area contributed by atoms with E-state index in [1.54, 1.807) is 0 Å². The summed E-state index contributed by atoms with van der Waals surface area (Å²) < 4.78 is 1.23. The van der Waals surface area contributed by atoms with Crippen molar-refractivity contribution in [3.8, 4) is 0 Å². The summed E-state index contributed by atoms with van der Waals surface area (Å²) in [6.45, 7) is 15.7. The molecule has 1 aliphatic rings. The molecule has 0 saturated carbocycles. The third-order valence-corrected chi connectivity index (χ3v) is 4.48. The maximum absolute atomic E-state index is 2.58. The average molecular weight is 399 g/mol. The fourth-order valence-electron chi connectivity index (χ4n) is 2.72. The molecule has 19 heavy (non-hydrogen) atoms. The predicted molar refractivity (Wildman–Crippen MR) is 76.2 cm³/mol. The van der Waals surface area contributed by atoms with Crippen LogP contribution in [-0.2, 0) is 0 Å². The molecule has 1 heterocycles. The predicted octanol–water partition coefficient (Wildman–Crippen LogP) is -3.09. The topological polar surface area (TPSA) is 3.24 Å². The molecule has 0 spiro atoms. The van der Waals surface area contributed by atoms with Crippen LogP contribution in [0.15, 0.2) is 12.2 Å². The molecule has 0 N–H and O–H groups in total. The third-order valence-electron chi connectivity index (χ3n) is 4.48. The number of likely N-dealkylation sites (N-methyl/N-ethyl adjacent to an activating group) is 1. The Morgan fingerprint density at radius 1 is 0.842 bits per heavy atom. The quantitative estimate of drug-likeness (QED) is 0.324. The van der Waals surface area contributed by atoms with Gasteiger partial charge in [-0.3, -0.25) is 4.90 Å². The number of quaternary nitrogens is 1. The number of piperidine rings is 1. The molecule has 0 aliphatic carbocycles. The summed E-state index contributed by atoms with van der Waals surface area (Å²) >= 11 is 0. The highest BCUT2D eigenvalue weighted by atomic mass is 79.9. The molecule has 0 aromatic carbocycles. The number of nitrogens with zero attached hydrogens (tertiary/aromatic N) is 2. The summed E-state index contributed by atoms with van der Waals surface area (Å²) in [4.78, 5) is 2.58. The van der Waals surface area contributed by atoms with Gasteiger partial charge in [-0.15, -0.1) is 0 Å². The second-order valence-electron chi connectivity index (χ2n) is 5.31. The highest BCUT2D eigenvalue weighted by Gasteiger charge is 2.18. The molecule has 1 fully saturated rings. The first-order valence-corrected chi connectivity index (χ1v) is 7.48. The van der Waals surface area contributed by atoms with E-state index in [9.17, 15) is 0 Å². The van der Waals surface area contributed by atoms with Gasteiger partial charge in [-0.25, -0.2) is 0 Å². The van der Waals surface area contributed by atoms with Crippen LogP contribution in [0, 0.1) is 0 Å². The molecular formula is C15H31Br2N2-. The van der Waals surface area contributed by atoms with Crippen LogP contribution in [0.25, 0.3) is 0 Å². The monoisotopic (exact) mass is 397 g/mol. The summed E-state index contributed by atoms with van der Waals surface area (Å²) in [5.41, 5.74) is 0. The van der Waals surface area contributed by atoms with Crippen molar-refractivity contribution in [1.82, 2.24) is 4.90 Å². The molecule has 1 rings (SSSR count). The smallest absolute Gasteiger partial charge is 0.0973 e. The Balaban J connectivity index is 0. The Bertz CT molecular complexity index is 214. The largest absolute Gasteiger partial charge is 1.00 e. The number of rotatable bonds is 7. The third kappa shape index (κ3) is 7.84. The van der Waals surface area contributed by atoms with Gasteiger partial charge in [0.25, 0.3) is 0 Å². The Kier molecular flexibility index (Phi) is 14.3. The van der Waals surface area contributed by atoms with E-state index in [-0.39, 0.29) is 34.0 Å². The number of hydrogen-bond acceptors (Lipinski definition) is 1. The SMILES string of the molecule is CC[N+](CC)(CC)C/C=C/CN1CCCCC1.[Br-].[Br-]. The van der Waals surface area contributed by atoms with Crippen molar-refractivity contribution in [3.05, 3.63) is 12.2 Å². The molecular weight excluding hydrogens is 368 g/mol. The van der Waals surface area contributed by atoms with E-state index in [1.807, 2.05) is 0 Å². The Hall–Kier alpha value is 0.620. The molecule has 2 nitrogen and oxygen atoms in total. The van der Waals surface area contributed by atoms with Crippen LogP contribution in [0.5, 0.6) is 0 Å². The zero-order valence-corrected chi connectivity index (χ0v) is 16.0. The van der Waals surface area contributed by atoms with Gasteiger partial charge in [0.2, 0.25) is 0 Å². The molecule has 4 heteroatoms. The van der Waals surface area contributed by atoms with Crippen LogP contribution in [-0.4, -0.2) is 55.2 Å². The van der Waals surface area contributed by atoms with Gasteiger partial charge in [-0.05, 0) is 52.8 Å². The van der Waals surface area contributed by atoms with Crippen LogP contribution in [0.2, 0.25) is 0 Å². The standard InChI is InChI=1S/C15H31N2.2BrH/c1-4-17(5-2,6-3)15-11-10-14-16-12-8-7-9-13-16;;/h10-11H,4-9,12-15H2,1-3H3;2*1H/q+1;;/p-2/b11-10+;;. The van der Waals surface area contributed by atoms with Gasteiger partial charge in [-0.1, -0.05) is 12.5 Å². The Labute approximate surface area is 141 Å². The Morgan fingerprint density at radius 2 is 1.37 bits per heavy atom. The highest BCUT2D eigenvalue weighted by molar-refractivity contribution is 4.86. The Morgan fingerprint density at radius 3 is 1.84 bits per heavy atom. The summed E-state index contributed by atoms with van der Waals surface area (Å²) in [6, 6.07) is 0. The van der Waals surface area contributed by atoms with E-state index in [1.165, 1.54) is 63.0 Å². The lowest BCUT2D eigenvalue weighted by Gasteiger charge is -2.34. The van der Waals surface area contributed by atoms with Crippen LogP contribution >= 0.6 is 0 Å². The molecule has 0 radical (unpaired) electrons. The van der Waals surface area contributed by atoms with Crippen molar-refractivity contribution < 1.29 is 38.4 Å². The molecule has 116 valence electrons. The lowest BCUT2D eigenvalue weighted by molar-refractivity contribution is -0.917. The molecule has 0 aromatic heterocycles. The average Bonchev–Trinajstić information content (AvgIpc) is 2.41. The second kappa shape index (κ2) is 12.4. The minimum atomic E-state index is 0. The van der Waals surface area contributed by atoms with Crippen molar-refractivity contribution in [1.29, 1.82) is 0 Å². The van der Waals surface area contributed by atoms with Crippen molar-refractivity contribution in [3.63, 3.8) is 0 Å².